The summed E-state index contributed by atoms with van der Waals surface area (Å²) >= 11 is 7.49. The molecule has 1 aromatic heterocycles. The number of nitrogens with one attached hydrogen (secondary N) is 1. The number of fused-ring (bicyclic) bond motifs is 1. The standard InChI is InChI=1S/C15H22ClN3OS/c16-8-12-10-21-15(17-12)2-1-6-19-7-5-13-11(9-19)3-4-14(20)18-13/h10-11,13H,1-9H2,(H,18,20). The largest absolute Gasteiger partial charge is 0.353 e. The monoisotopic (exact) mass is 327 g/mol. The van der Waals surface area contributed by atoms with Gasteiger partial charge >= 0.3 is 0 Å². The van der Waals surface area contributed by atoms with E-state index < -0.39 is 0 Å². The number of piperidine rings is 2. The first-order chi connectivity index (χ1) is 10.2. The zero-order valence-electron chi connectivity index (χ0n) is 12.2. The Hall–Kier alpha value is -0.650. The minimum Gasteiger partial charge on any atom is -0.353 e. The molecule has 3 heterocycles. The van der Waals surface area contributed by atoms with Gasteiger partial charge in [-0.2, -0.15) is 0 Å². The van der Waals surface area contributed by atoms with Gasteiger partial charge in [-0.15, -0.1) is 22.9 Å². The van der Waals surface area contributed by atoms with Crippen molar-refractivity contribution in [3.05, 3.63) is 16.1 Å². The van der Waals surface area contributed by atoms with E-state index in [1.54, 1.807) is 11.3 Å². The Kier molecular flexibility index (Phi) is 5.14. The van der Waals surface area contributed by atoms with E-state index in [2.05, 4.69) is 20.6 Å². The number of hydrogen-bond donors (Lipinski definition) is 1. The van der Waals surface area contributed by atoms with Gasteiger partial charge < -0.3 is 10.2 Å². The molecule has 0 aliphatic carbocycles. The lowest BCUT2D eigenvalue weighted by molar-refractivity contribution is -0.125. The molecule has 0 saturated carbocycles. The Morgan fingerprint density at radius 3 is 3.19 bits per heavy atom. The van der Waals surface area contributed by atoms with Crippen LogP contribution in [0.2, 0.25) is 0 Å². The number of carbonyl (C=O) groups excluding carboxylic acids is 1. The van der Waals surface area contributed by atoms with Crippen LogP contribution in [0.25, 0.3) is 0 Å². The summed E-state index contributed by atoms with van der Waals surface area (Å²) in [6, 6.07) is 0.424. The molecule has 1 amide bonds. The zero-order valence-corrected chi connectivity index (χ0v) is 13.8. The number of rotatable bonds is 5. The van der Waals surface area contributed by atoms with Crippen molar-refractivity contribution in [2.45, 2.75) is 44.0 Å². The van der Waals surface area contributed by atoms with Gasteiger partial charge in [-0.1, -0.05) is 0 Å². The Balaban J connectivity index is 1.41. The fourth-order valence-electron chi connectivity index (χ4n) is 3.37. The lowest BCUT2D eigenvalue weighted by Crippen LogP contribution is -2.54. The third kappa shape index (κ3) is 3.96. The van der Waals surface area contributed by atoms with E-state index in [1.807, 2.05) is 0 Å². The van der Waals surface area contributed by atoms with Crippen molar-refractivity contribution < 1.29 is 4.79 Å². The van der Waals surface area contributed by atoms with Gasteiger partial charge in [0.2, 0.25) is 5.91 Å². The lowest BCUT2D eigenvalue weighted by Gasteiger charge is -2.41. The van der Waals surface area contributed by atoms with Crippen molar-refractivity contribution in [3.8, 4) is 0 Å². The van der Waals surface area contributed by atoms with E-state index in [9.17, 15) is 4.79 Å². The maximum absolute atomic E-state index is 11.4. The number of amides is 1. The quantitative estimate of drug-likeness (QED) is 0.845. The summed E-state index contributed by atoms with van der Waals surface area (Å²) in [5.41, 5.74) is 0.996. The summed E-state index contributed by atoms with van der Waals surface area (Å²) in [5, 5.41) is 6.40. The van der Waals surface area contributed by atoms with Crippen molar-refractivity contribution in [2.75, 3.05) is 19.6 Å². The van der Waals surface area contributed by atoms with Crippen LogP contribution in [-0.4, -0.2) is 41.5 Å². The van der Waals surface area contributed by atoms with Crippen LogP contribution in [-0.2, 0) is 17.1 Å². The molecule has 1 N–H and O–H groups in total. The predicted octanol–water partition coefficient (Wildman–Crippen LogP) is 2.42. The highest BCUT2D eigenvalue weighted by Gasteiger charge is 2.33. The molecule has 0 spiro atoms. The van der Waals surface area contributed by atoms with Gasteiger partial charge in [0, 0.05) is 37.4 Å². The summed E-state index contributed by atoms with van der Waals surface area (Å²) in [7, 11) is 0. The third-order valence-corrected chi connectivity index (χ3v) is 5.74. The Morgan fingerprint density at radius 2 is 2.38 bits per heavy atom. The molecule has 0 bridgehead atoms. The molecule has 2 fully saturated rings. The predicted molar refractivity (Wildman–Crippen MR) is 85.7 cm³/mol. The Bertz CT molecular complexity index is 493. The number of halogens is 1. The fraction of sp³-hybridized carbons (Fsp3) is 0.733. The van der Waals surface area contributed by atoms with Crippen molar-refractivity contribution in [3.63, 3.8) is 0 Å². The molecule has 2 saturated heterocycles. The molecule has 1 aromatic rings. The van der Waals surface area contributed by atoms with E-state index in [0.29, 0.717) is 24.3 Å². The van der Waals surface area contributed by atoms with E-state index in [1.165, 1.54) is 5.01 Å². The number of carbonyl (C=O) groups is 1. The second kappa shape index (κ2) is 7.07. The van der Waals surface area contributed by atoms with Gasteiger partial charge in [0.15, 0.2) is 0 Å². The molecule has 6 heteroatoms. The molecule has 2 aliphatic rings. The minimum absolute atomic E-state index is 0.239. The van der Waals surface area contributed by atoms with E-state index in [4.69, 9.17) is 11.6 Å². The zero-order chi connectivity index (χ0) is 14.7. The molecule has 2 aliphatic heterocycles. The normalized spacial score (nSPS) is 26.4. The first-order valence-electron chi connectivity index (χ1n) is 7.75. The van der Waals surface area contributed by atoms with Crippen LogP contribution in [0, 0.1) is 5.92 Å². The first-order valence-corrected chi connectivity index (χ1v) is 9.17. The summed E-state index contributed by atoms with van der Waals surface area (Å²) in [5.74, 6) is 1.40. The molecule has 3 rings (SSSR count). The number of thiazole rings is 1. The highest BCUT2D eigenvalue weighted by molar-refractivity contribution is 7.09. The van der Waals surface area contributed by atoms with Gasteiger partial charge in [-0.25, -0.2) is 4.98 Å². The molecule has 2 unspecified atom stereocenters. The van der Waals surface area contributed by atoms with Crippen molar-refractivity contribution in [2.24, 2.45) is 5.92 Å². The molecular weight excluding hydrogens is 306 g/mol. The van der Waals surface area contributed by atoms with Crippen LogP contribution in [0.1, 0.15) is 36.4 Å². The van der Waals surface area contributed by atoms with Gasteiger partial charge in [0.1, 0.15) is 0 Å². The Morgan fingerprint density at radius 1 is 1.48 bits per heavy atom. The van der Waals surface area contributed by atoms with E-state index in [-0.39, 0.29) is 5.91 Å². The first kappa shape index (κ1) is 15.3. The molecule has 116 valence electrons. The van der Waals surface area contributed by atoms with Crippen LogP contribution >= 0.6 is 22.9 Å². The van der Waals surface area contributed by atoms with Crippen molar-refractivity contribution in [1.82, 2.24) is 15.2 Å². The molecule has 0 radical (unpaired) electrons. The maximum atomic E-state index is 11.4. The van der Waals surface area contributed by atoms with Crippen LogP contribution in [0.5, 0.6) is 0 Å². The number of aromatic nitrogens is 1. The highest BCUT2D eigenvalue weighted by atomic mass is 35.5. The number of likely N-dealkylation sites (tertiary alicyclic amines) is 1. The molecule has 0 aromatic carbocycles. The summed E-state index contributed by atoms with van der Waals surface area (Å²) < 4.78 is 0. The number of hydrogen-bond acceptors (Lipinski definition) is 4. The average Bonchev–Trinajstić information content (AvgIpc) is 2.95. The minimum atomic E-state index is 0.239. The number of nitrogens with zero attached hydrogens (tertiary/aromatic N) is 2. The average molecular weight is 328 g/mol. The van der Waals surface area contributed by atoms with E-state index in [0.717, 1.165) is 51.0 Å². The second-order valence-corrected chi connectivity index (χ2v) is 7.24. The summed E-state index contributed by atoms with van der Waals surface area (Å²) in [6.45, 7) is 3.37. The van der Waals surface area contributed by atoms with Gasteiger partial charge in [-0.3, -0.25) is 4.79 Å². The molecular formula is C15H22ClN3OS. The number of alkyl halides is 1. The maximum Gasteiger partial charge on any atom is 0.220 e. The molecule has 2 atom stereocenters. The summed E-state index contributed by atoms with van der Waals surface area (Å²) in [4.78, 5) is 18.5. The smallest absolute Gasteiger partial charge is 0.220 e. The highest BCUT2D eigenvalue weighted by Crippen LogP contribution is 2.25. The lowest BCUT2D eigenvalue weighted by atomic mass is 9.85. The summed E-state index contributed by atoms with van der Waals surface area (Å²) in [6.07, 6.45) is 5.06. The molecule has 21 heavy (non-hydrogen) atoms. The van der Waals surface area contributed by atoms with Crippen molar-refractivity contribution in [1.29, 1.82) is 0 Å². The Labute approximate surface area is 134 Å². The van der Waals surface area contributed by atoms with Crippen LogP contribution < -0.4 is 5.32 Å². The van der Waals surface area contributed by atoms with Gasteiger partial charge in [0.05, 0.1) is 16.6 Å². The van der Waals surface area contributed by atoms with Crippen molar-refractivity contribution >= 4 is 28.8 Å². The van der Waals surface area contributed by atoms with Crippen LogP contribution in [0.4, 0.5) is 0 Å². The number of aryl methyl sites for hydroxylation is 1. The molecule has 4 nitrogen and oxygen atoms in total. The van der Waals surface area contributed by atoms with Crippen LogP contribution in [0.15, 0.2) is 5.38 Å². The van der Waals surface area contributed by atoms with Crippen LogP contribution in [0.3, 0.4) is 0 Å². The van der Waals surface area contributed by atoms with E-state index >= 15 is 0 Å². The van der Waals surface area contributed by atoms with Gasteiger partial charge in [-0.05, 0) is 31.7 Å². The fourth-order valence-corrected chi connectivity index (χ4v) is 4.44. The topological polar surface area (TPSA) is 45.2 Å². The SMILES string of the molecule is O=C1CCC2CN(CCCc3nc(CCl)cs3)CCC2N1. The van der Waals surface area contributed by atoms with Gasteiger partial charge in [0.25, 0.3) is 0 Å². The second-order valence-electron chi connectivity index (χ2n) is 6.03. The third-order valence-electron chi connectivity index (χ3n) is 4.51.